The summed E-state index contributed by atoms with van der Waals surface area (Å²) < 4.78 is 9.97. The van der Waals surface area contributed by atoms with Crippen LogP contribution in [-0.4, -0.2) is 41.4 Å². The summed E-state index contributed by atoms with van der Waals surface area (Å²) in [7, 11) is 1.27. The van der Waals surface area contributed by atoms with E-state index in [2.05, 4.69) is 20.0 Å². The van der Waals surface area contributed by atoms with E-state index < -0.39 is 5.97 Å². The number of nitrogens with zero attached hydrogens (tertiary/aromatic N) is 2. The second-order valence-corrected chi connectivity index (χ2v) is 7.56. The fourth-order valence-corrected chi connectivity index (χ4v) is 4.56. The van der Waals surface area contributed by atoms with Gasteiger partial charge in [0, 0.05) is 0 Å². The summed E-state index contributed by atoms with van der Waals surface area (Å²) in [5.74, 6) is 0.518. The van der Waals surface area contributed by atoms with E-state index in [0.29, 0.717) is 23.0 Å². The molecule has 2 atom stereocenters. The summed E-state index contributed by atoms with van der Waals surface area (Å²) in [5.41, 5.74) is 1.37. The largest absolute Gasteiger partial charge is 0.462 e. The molecule has 0 unspecified atom stereocenters. The number of hydrogen-bond acceptors (Lipinski definition) is 7. The molecular formula is C20H26ClN3O4. The van der Waals surface area contributed by atoms with Gasteiger partial charge in [-0.2, -0.15) is 0 Å². The molecule has 1 saturated heterocycles. The second-order valence-electron chi connectivity index (χ2n) is 7.56. The molecule has 1 N–H and O–H groups in total. The second kappa shape index (κ2) is 9.01. The summed E-state index contributed by atoms with van der Waals surface area (Å²) in [6.07, 6.45) is 7.72. The Labute approximate surface area is 170 Å². The average Bonchev–Trinajstić information content (AvgIpc) is 3.34. The summed E-state index contributed by atoms with van der Waals surface area (Å²) >= 11 is 0. The maximum absolute atomic E-state index is 12.9. The summed E-state index contributed by atoms with van der Waals surface area (Å²) in [4.78, 5) is 32.9. The van der Waals surface area contributed by atoms with Crippen LogP contribution in [-0.2, 0) is 16.0 Å². The zero-order chi connectivity index (χ0) is 18.8. The van der Waals surface area contributed by atoms with E-state index in [9.17, 15) is 9.59 Å². The topological polar surface area (TPSA) is 94.3 Å². The first-order valence-corrected chi connectivity index (χ1v) is 9.76. The van der Waals surface area contributed by atoms with Crippen LogP contribution in [0, 0.1) is 11.8 Å². The van der Waals surface area contributed by atoms with Gasteiger partial charge < -0.3 is 14.5 Å². The highest BCUT2D eigenvalue weighted by Crippen LogP contribution is 2.36. The molecule has 4 rings (SSSR count). The third-order valence-corrected chi connectivity index (χ3v) is 5.90. The fraction of sp³-hybridized carbons (Fsp3) is 0.600. The molecule has 1 aliphatic carbocycles. The van der Waals surface area contributed by atoms with Gasteiger partial charge in [0.2, 0.25) is 5.71 Å². The minimum absolute atomic E-state index is 0. The molecule has 2 aromatic heterocycles. The van der Waals surface area contributed by atoms with Crippen LogP contribution in [0.2, 0.25) is 0 Å². The lowest BCUT2D eigenvalue weighted by atomic mass is 9.75. The molecule has 8 heteroatoms. The minimum atomic E-state index is -0.642. The van der Waals surface area contributed by atoms with Crippen molar-refractivity contribution in [1.29, 1.82) is 0 Å². The van der Waals surface area contributed by atoms with Crippen LogP contribution >= 0.6 is 12.4 Å². The van der Waals surface area contributed by atoms with Crippen LogP contribution in [0.15, 0.2) is 16.5 Å². The standard InChI is InChI=1S/C20H25N3O4.ClH/c1-26-20(25)19-23-15-8-7-13(22-18(15)27-19)11-16(24)17-14(9-10-21-17)12-5-3-2-4-6-12;/h7-8,12,14,17,21H,2-6,9-11H2,1H3;1H/t14-,17-;/m0./s1. The molecule has 0 spiro atoms. The molecule has 3 heterocycles. The van der Waals surface area contributed by atoms with Gasteiger partial charge in [-0.15, -0.1) is 12.4 Å². The van der Waals surface area contributed by atoms with Crippen LogP contribution in [0.5, 0.6) is 0 Å². The first-order valence-electron chi connectivity index (χ1n) is 9.76. The number of carbonyl (C=O) groups excluding carboxylic acids is 2. The van der Waals surface area contributed by atoms with E-state index in [1.807, 2.05) is 0 Å². The number of esters is 1. The van der Waals surface area contributed by atoms with Crippen molar-refractivity contribution in [2.24, 2.45) is 11.8 Å². The number of fused-ring (bicyclic) bond motifs is 1. The van der Waals surface area contributed by atoms with Crippen LogP contribution in [0.1, 0.15) is 54.9 Å². The van der Waals surface area contributed by atoms with E-state index >= 15 is 0 Å². The van der Waals surface area contributed by atoms with Crippen LogP contribution in [0.4, 0.5) is 0 Å². The molecular weight excluding hydrogens is 382 g/mol. The Morgan fingerprint density at radius 1 is 1.18 bits per heavy atom. The predicted molar refractivity (Wildman–Crippen MR) is 106 cm³/mol. The number of nitrogens with one attached hydrogen (secondary N) is 1. The Kier molecular flexibility index (Phi) is 6.67. The van der Waals surface area contributed by atoms with Gasteiger partial charge in [0.25, 0.3) is 0 Å². The molecule has 0 radical (unpaired) electrons. The van der Waals surface area contributed by atoms with Crippen LogP contribution in [0.3, 0.4) is 0 Å². The Bertz CT molecular complexity index is 847. The zero-order valence-corrected chi connectivity index (χ0v) is 16.8. The number of carbonyl (C=O) groups is 2. The Morgan fingerprint density at radius 2 is 1.96 bits per heavy atom. The Balaban J connectivity index is 0.00000225. The molecule has 28 heavy (non-hydrogen) atoms. The van der Waals surface area contributed by atoms with Gasteiger partial charge in [-0.25, -0.2) is 14.8 Å². The van der Waals surface area contributed by atoms with Crippen molar-refractivity contribution in [1.82, 2.24) is 15.3 Å². The first kappa shape index (κ1) is 20.7. The quantitative estimate of drug-likeness (QED) is 0.761. The lowest BCUT2D eigenvalue weighted by molar-refractivity contribution is -0.121. The first-order chi connectivity index (χ1) is 13.2. The van der Waals surface area contributed by atoms with Gasteiger partial charge in [-0.1, -0.05) is 32.1 Å². The Hall–Kier alpha value is -1.99. The molecule has 1 saturated carbocycles. The van der Waals surface area contributed by atoms with E-state index in [-0.39, 0.29) is 42.3 Å². The fourth-order valence-electron chi connectivity index (χ4n) is 4.56. The Morgan fingerprint density at radius 3 is 2.71 bits per heavy atom. The molecule has 2 aliphatic rings. The minimum Gasteiger partial charge on any atom is -0.462 e. The van der Waals surface area contributed by atoms with Crippen LogP contribution < -0.4 is 5.32 Å². The van der Waals surface area contributed by atoms with Crippen molar-refractivity contribution >= 4 is 35.4 Å². The van der Waals surface area contributed by atoms with Gasteiger partial charge in [-0.05, 0) is 36.9 Å². The van der Waals surface area contributed by atoms with Crippen molar-refractivity contribution in [3.63, 3.8) is 0 Å². The van der Waals surface area contributed by atoms with Gasteiger partial charge in [-0.3, -0.25) is 4.79 Å². The van der Waals surface area contributed by atoms with Crippen molar-refractivity contribution in [3.05, 3.63) is 23.7 Å². The number of Topliss-reactive ketones (excluding diaryl/α,β-unsaturated/α-hetero) is 1. The average molecular weight is 408 g/mol. The SMILES string of the molecule is COC(=O)c1nc2ccc(CC(=O)[C@H]3NCC[C@H]3C3CCCCC3)nc2o1.Cl. The number of halogens is 1. The van der Waals surface area contributed by atoms with Gasteiger partial charge >= 0.3 is 11.9 Å². The number of hydrogen-bond donors (Lipinski definition) is 1. The number of oxazole rings is 1. The van der Waals surface area contributed by atoms with Crippen molar-refractivity contribution in [3.8, 4) is 0 Å². The molecule has 152 valence electrons. The van der Waals surface area contributed by atoms with Crippen LogP contribution in [0.25, 0.3) is 11.2 Å². The molecule has 0 bridgehead atoms. The van der Waals surface area contributed by atoms with E-state index in [4.69, 9.17) is 4.42 Å². The third-order valence-electron chi connectivity index (χ3n) is 5.90. The maximum Gasteiger partial charge on any atom is 0.394 e. The highest BCUT2D eigenvalue weighted by Gasteiger charge is 2.37. The lowest BCUT2D eigenvalue weighted by Gasteiger charge is -2.30. The molecule has 1 aliphatic heterocycles. The lowest BCUT2D eigenvalue weighted by Crippen LogP contribution is -2.40. The van der Waals surface area contributed by atoms with E-state index in [1.165, 1.54) is 39.2 Å². The summed E-state index contributed by atoms with van der Waals surface area (Å²) in [6, 6.07) is 3.42. The number of rotatable bonds is 5. The van der Waals surface area contributed by atoms with E-state index in [0.717, 1.165) is 13.0 Å². The molecule has 2 fully saturated rings. The third kappa shape index (κ3) is 4.20. The highest BCUT2D eigenvalue weighted by molar-refractivity contribution is 5.88. The summed E-state index contributed by atoms with van der Waals surface area (Å²) in [5, 5.41) is 3.41. The van der Waals surface area contributed by atoms with E-state index in [1.54, 1.807) is 12.1 Å². The van der Waals surface area contributed by atoms with Crippen molar-refractivity contribution in [2.75, 3.05) is 13.7 Å². The molecule has 7 nitrogen and oxygen atoms in total. The van der Waals surface area contributed by atoms with Gasteiger partial charge in [0.15, 0.2) is 5.78 Å². The van der Waals surface area contributed by atoms with Crippen molar-refractivity contribution < 1.29 is 18.7 Å². The van der Waals surface area contributed by atoms with Gasteiger partial charge in [0.1, 0.15) is 5.52 Å². The van der Waals surface area contributed by atoms with Crippen molar-refractivity contribution in [2.45, 2.75) is 51.0 Å². The normalized spacial score (nSPS) is 22.8. The summed E-state index contributed by atoms with van der Waals surface area (Å²) in [6.45, 7) is 0.911. The molecule has 0 aromatic carbocycles. The number of aromatic nitrogens is 2. The monoisotopic (exact) mass is 407 g/mol. The predicted octanol–water partition coefficient (Wildman–Crippen LogP) is 3.10. The maximum atomic E-state index is 12.9. The number of pyridine rings is 1. The number of ketones is 1. The number of ether oxygens (including phenoxy) is 1. The highest BCUT2D eigenvalue weighted by atomic mass is 35.5. The smallest absolute Gasteiger partial charge is 0.394 e. The molecule has 0 amide bonds. The zero-order valence-electron chi connectivity index (χ0n) is 16.0. The van der Waals surface area contributed by atoms with Gasteiger partial charge in [0.05, 0.1) is 25.3 Å². The number of methoxy groups -OCH3 is 1. The molecule has 2 aromatic rings.